The van der Waals surface area contributed by atoms with Crippen molar-refractivity contribution >= 4 is 30.7 Å². The van der Waals surface area contributed by atoms with Crippen LogP contribution in [0.1, 0.15) is 42.5 Å². The van der Waals surface area contributed by atoms with Crippen molar-refractivity contribution in [3.63, 3.8) is 0 Å². The summed E-state index contributed by atoms with van der Waals surface area (Å²) in [6.45, 7) is 0.556. The lowest BCUT2D eigenvalue weighted by Gasteiger charge is -2.33. The van der Waals surface area contributed by atoms with Gasteiger partial charge < -0.3 is 11.1 Å². The minimum Gasteiger partial charge on any atom is -0.350 e. The van der Waals surface area contributed by atoms with Gasteiger partial charge in [0.15, 0.2) is 0 Å². The monoisotopic (exact) mass is 305 g/mol. The van der Waals surface area contributed by atoms with E-state index in [0.29, 0.717) is 12.1 Å². The predicted octanol–water partition coefficient (Wildman–Crippen LogP) is 2.32. The molecule has 6 heteroatoms. The van der Waals surface area contributed by atoms with Gasteiger partial charge in [-0.1, -0.05) is 19.3 Å². The van der Waals surface area contributed by atoms with Crippen molar-refractivity contribution in [3.05, 3.63) is 30.1 Å². The first-order valence-corrected chi connectivity index (χ1v) is 6.17. The third kappa shape index (κ3) is 5.35. The Kier molecular flexibility index (Phi) is 7.99. The molecule has 0 radical (unpaired) electrons. The van der Waals surface area contributed by atoms with Crippen molar-refractivity contribution in [1.29, 1.82) is 0 Å². The molecule has 2 rings (SSSR count). The minimum absolute atomic E-state index is 0. The molecule has 0 bridgehead atoms. The SMILES string of the molecule is Cl.Cl.NC1(CNC(=O)c2cccnc2)CCCCC1. The molecule has 0 spiro atoms. The van der Waals surface area contributed by atoms with Gasteiger partial charge in [-0.25, -0.2) is 0 Å². The van der Waals surface area contributed by atoms with Gasteiger partial charge in [-0.2, -0.15) is 0 Å². The lowest BCUT2D eigenvalue weighted by Crippen LogP contribution is -2.51. The van der Waals surface area contributed by atoms with Crippen LogP contribution in [0.25, 0.3) is 0 Å². The van der Waals surface area contributed by atoms with Crippen molar-refractivity contribution in [1.82, 2.24) is 10.3 Å². The number of rotatable bonds is 3. The second-order valence-electron chi connectivity index (χ2n) is 4.85. The van der Waals surface area contributed by atoms with Gasteiger partial charge in [0.25, 0.3) is 5.91 Å². The normalized spacial score (nSPS) is 16.7. The molecule has 108 valence electrons. The molecule has 1 aliphatic carbocycles. The van der Waals surface area contributed by atoms with E-state index < -0.39 is 0 Å². The van der Waals surface area contributed by atoms with Crippen molar-refractivity contribution in [2.75, 3.05) is 6.54 Å². The first-order chi connectivity index (χ1) is 8.20. The number of halogens is 2. The number of nitrogens with one attached hydrogen (secondary N) is 1. The summed E-state index contributed by atoms with van der Waals surface area (Å²) in [6.07, 6.45) is 8.82. The van der Waals surface area contributed by atoms with Crippen LogP contribution in [0.2, 0.25) is 0 Å². The molecule has 1 heterocycles. The Hall–Kier alpha value is -0.840. The lowest BCUT2D eigenvalue weighted by atomic mass is 9.82. The van der Waals surface area contributed by atoms with Crippen LogP contribution in [0, 0.1) is 0 Å². The second kappa shape index (κ2) is 8.35. The van der Waals surface area contributed by atoms with Gasteiger partial charge in [0.05, 0.1) is 5.56 Å². The molecule has 4 nitrogen and oxygen atoms in total. The number of hydrogen-bond acceptors (Lipinski definition) is 3. The van der Waals surface area contributed by atoms with Crippen LogP contribution >= 0.6 is 24.8 Å². The lowest BCUT2D eigenvalue weighted by molar-refractivity contribution is 0.0937. The molecule has 0 aromatic carbocycles. The van der Waals surface area contributed by atoms with Crippen molar-refractivity contribution in [3.8, 4) is 0 Å². The Morgan fingerprint density at radius 2 is 2.00 bits per heavy atom. The molecule has 3 N–H and O–H groups in total. The average molecular weight is 306 g/mol. The zero-order valence-corrected chi connectivity index (χ0v) is 12.4. The number of hydrogen-bond donors (Lipinski definition) is 2. The largest absolute Gasteiger partial charge is 0.350 e. The molecule has 0 aliphatic heterocycles. The Balaban J connectivity index is 0.00000162. The highest BCUT2D eigenvalue weighted by molar-refractivity contribution is 5.93. The zero-order valence-electron chi connectivity index (χ0n) is 10.8. The van der Waals surface area contributed by atoms with Crippen LogP contribution in [0.3, 0.4) is 0 Å². The number of carbonyl (C=O) groups is 1. The highest BCUT2D eigenvalue weighted by Gasteiger charge is 2.27. The van der Waals surface area contributed by atoms with Crippen LogP contribution in [0.4, 0.5) is 0 Å². The molecule has 1 aromatic rings. The van der Waals surface area contributed by atoms with E-state index in [0.717, 1.165) is 12.8 Å². The molecule has 1 amide bonds. The highest BCUT2D eigenvalue weighted by Crippen LogP contribution is 2.25. The van der Waals surface area contributed by atoms with E-state index in [1.807, 2.05) is 0 Å². The van der Waals surface area contributed by atoms with Crippen LogP contribution in [0.15, 0.2) is 24.5 Å². The molecule has 0 saturated heterocycles. The predicted molar refractivity (Wildman–Crippen MR) is 81.1 cm³/mol. The fourth-order valence-corrected chi connectivity index (χ4v) is 2.29. The van der Waals surface area contributed by atoms with Gasteiger partial charge in [0, 0.05) is 24.5 Å². The van der Waals surface area contributed by atoms with Gasteiger partial charge in [-0.15, -0.1) is 24.8 Å². The standard InChI is InChI=1S/C13H19N3O.2ClH/c14-13(6-2-1-3-7-13)10-16-12(17)11-5-4-8-15-9-11;;/h4-5,8-9H,1-3,6-7,10,14H2,(H,16,17);2*1H. The summed E-state index contributed by atoms with van der Waals surface area (Å²) in [5, 5.41) is 2.91. The number of carbonyl (C=O) groups excluding carboxylic acids is 1. The topological polar surface area (TPSA) is 68.0 Å². The van der Waals surface area contributed by atoms with E-state index in [4.69, 9.17) is 5.73 Å². The number of pyridine rings is 1. The molecular weight excluding hydrogens is 285 g/mol. The fourth-order valence-electron chi connectivity index (χ4n) is 2.29. The summed E-state index contributed by atoms with van der Waals surface area (Å²) in [4.78, 5) is 15.7. The molecule has 0 unspecified atom stereocenters. The molecule has 1 aliphatic rings. The third-order valence-electron chi connectivity index (χ3n) is 3.37. The smallest absolute Gasteiger partial charge is 0.252 e. The van der Waals surface area contributed by atoms with Gasteiger partial charge in [-0.05, 0) is 25.0 Å². The van der Waals surface area contributed by atoms with Crippen LogP contribution in [-0.4, -0.2) is 23.0 Å². The zero-order chi connectivity index (χ0) is 12.1. The maximum absolute atomic E-state index is 11.8. The van der Waals surface area contributed by atoms with E-state index in [2.05, 4.69) is 10.3 Å². The Bertz CT molecular complexity index is 381. The molecule has 19 heavy (non-hydrogen) atoms. The third-order valence-corrected chi connectivity index (χ3v) is 3.37. The van der Waals surface area contributed by atoms with E-state index in [9.17, 15) is 4.79 Å². The molecule has 1 aromatic heterocycles. The van der Waals surface area contributed by atoms with E-state index in [1.165, 1.54) is 19.3 Å². The fraction of sp³-hybridized carbons (Fsp3) is 0.538. The summed E-state index contributed by atoms with van der Waals surface area (Å²) < 4.78 is 0. The van der Waals surface area contributed by atoms with Crippen molar-refractivity contribution in [2.24, 2.45) is 5.73 Å². The quantitative estimate of drug-likeness (QED) is 0.900. The summed E-state index contributed by atoms with van der Waals surface area (Å²) in [5.41, 5.74) is 6.63. The first kappa shape index (κ1) is 18.2. The summed E-state index contributed by atoms with van der Waals surface area (Å²) in [6, 6.07) is 3.51. The molecule has 0 atom stereocenters. The summed E-state index contributed by atoms with van der Waals surface area (Å²) in [5.74, 6) is -0.0894. The molecule has 1 fully saturated rings. The van der Waals surface area contributed by atoms with Crippen molar-refractivity contribution in [2.45, 2.75) is 37.6 Å². The van der Waals surface area contributed by atoms with Gasteiger partial charge in [0.2, 0.25) is 0 Å². The molecular formula is C13H21Cl2N3O. The molecule has 1 saturated carbocycles. The Labute approximate surface area is 126 Å². The Morgan fingerprint density at radius 3 is 2.58 bits per heavy atom. The van der Waals surface area contributed by atoms with Crippen molar-refractivity contribution < 1.29 is 4.79 Å². The summed E-state index contributed by atoms with van der Waals surface area (Å²) in [7, 11) is 0. The number of amides is 1. The van der Waals surface area contributed by atoms with Crippen LogP contribution in [-0.2, 0) is 0 Å². The second-order valence-corrected chi connectivity index (χ2v) is 4.85. The van der Waals surface area contributed by atoms with E-state index >= 15 is 0 Å². The average Bonchev–Trinajstić information content (AvgIpc) is 2.38. The van der Waals surface area contributed by atoms with Gasteiger partial charge in [-0.3, -0.25) is 9.78 Å². The van der Waals surface area contributed by atoms with E-state index in [-0.39, 0.29) is 36.3 Å². The van der Waals surface area contributed by atoms with Crippen LogP contribution < -0.4 is 11.1 Å². The minimum atomic E-state index is -0.212. The highest BCUT2D eigenvalue weighted by atomic mass is 35.5. The summed E-state index contributed by atoms with van der Waals surface area (Å²) >= 11 is 0. The van der Waals surface area contributed by atoms with E-state index in [1.54, 1.807) is 24.5 Å². The first-order valence-electron chi connectivity index (χ1n) is 6.17. The van der Waals surface area contributed by atoms with Crippen LogP contribution in [0.5, 0.6) is 0 Å². The number of aromatic nitrogens is 1. The van der Waals surface area contributed by atoms with Gasteiger partial charge in [0.1, 0.15) is 0 Å². The maximum Gasteiger partial charge on any atom is 0.252 e. The number of nitrogens with two attached hydrogens (primary N) is 1. The van der Waals surface area contributed by atoms with Gasteiger partial charge >= 0.3 is 0 Å². The number of nitrogens with zero attached hydrogens (tertiary/aromatic N) is 1. The maximum atomic E-state index is 11.8. The Morgan fingerprint density at radius 1 is 1.32 bits per heavy atom.